The largest absolute Gasteiger partial charge is 0.351 e. The van der Waals surface area contributed by atoms with Crippen LogP contribution in [0.4, 0.5) is 0 Å². The van der Waals surface area contributed by atoms with Gasteiger partial charge in [-0.3, -0.25) is 4.79 Å². The van der Waals surface area contributed by atoms with Crippen molar-refractivity contribution in [1.29, 1.82) is 0 Å². The van der Waals surface area contributed by atoms with Crippen molar-refractivity contribution >= 4 is 23.2 Å². The first-order valence-electron chi connectivity index (χ1n) is 7.57. The fraction of sp³-hybridized carbons (Fsp3) is 0.412. The zero-order valence-corrected chi connectivity index (χ0v) is 14.0. The van der Waals surface area contributed by atoms with Crippen LogP contribution in [-0.2, 0) is 4.79 Å². The lowest BCUT2D eigenvalue weighted by Crippen LogP contribution is -2.49. The molecule has 0 spiro atoms. The number of carbonyl (C=O) groups is 1. The van der Waals surface area contributed by atoms with Crippen molar-refractivity contribution in [2.24, 2.45) is 0 Å². The van der Waals surface area contributed by atoms with Crippen molar-refractivity contribution in [2.45, 2.75) is 31.8 Å². The number of hydrogen-bond acceptors (Lipinski definition) is 2. The molecule has 1 aliphatic heterocycles. The quantitative estimate of drug-likeness (QED) is 0.869. The molecule has 0 saturated heterocycles. The van der Waals surface area contributed by atoms with Gasteiger partial charge in [0.2, 0.25) is 0 Å². The van der Waals surface area contributed by atoms with Gasteiger partial charge in [0.1, 0.15) is 0 Å². The molecular weight excluding hydrogens is 294 g/mol. The molecule has 1 amide bonds. The van der Waals surface area contributed by atoms with Crippen LogP contribution in [-0.4, -0.2) is 41.0 Å². The van der Waals surface area contributed by atoms with Crippen molar-refractivity contribution in [3.05, 3.63) is 47.2 Å². The maximum Gasteiger partial charge on any atom is 0.253 e. The fourth-order valence-corrected chi connectivity index (χ4v) is 3.35. The normalized spacial score (nSPS) is 21.7. The molecule has 1 aromatic carbocycles. The van der Waals surface area contributed by atoms with E-state index in [4.69, 9.17) is 12.2 Å². The summed E-state index contributed by atoms with van der Waals surface area (Å²) in [4.78, 5) is 16.5. The maximum atomic E-state index is 12.7. The molecule has 1 fully saturated rings. The topological polar surface area (TPSA) is 35.6 Å². The Kier molecular flexibility index (Phi) is 3.91. The summed E-state index contributed by atoms with van der Waals surface area (Å²) in [7, 11) is 3.58. The molecule has 1 saturated carbocycles. The van der Waals surface area contributed by atoms with E-state index in [-0.39, 0.29) is 11.9 Å². The molecular formula is C17H21N3OS. The Hall–Kier alpha value is -1.88. The minimum absolute atomic E-state index is 0.0343. The van der Waals surface area contributed by atoms with E-state index in [9.17, 15) is 4.79 Å². The highest BCUT2D eigenvalue weighted by atomic mass is 32.1. The molecule has 0 radical (unpaired) electrons. The minimum atomic E-state index is -0.182. The predicted molar refractivity (Wildman–Crippen MR) is 91.2 cm³/mol. The number of benzene rings is 1. The Labute approximate surface area is 136 Å². The first kappa shape index (κ1) is 15.0. The van der Waals surface area contributed by atoms with E-state index in [1.54, 1.807) is 19.0 Å². The van der Waals surface area contributed by atoms with Crippen LogP contribution in [0.15, 0.2) is 41.6 Å². The van der Waals surface area contributed by atoms with E-state index in [0.29, 0.717) is 6.04 Å². The molecule has 3 rings (SSSR count). The Morgan fingerprint density at radius 2 is 1.91 bits per heavy atom. The summed E-state index contributed by atoms with van der Waals surface area (Å²) in [5.41, 5.74) is 2.83. The lowest BCUT2D eigenvalue weighted by atomic mass is 9.94. The third-order valence-electron chi connectivity index (χ3n) is 4.21. The lowest BCUT2D eigenvalue weighted by Gasteiger charge is -2.38. The Balaban J connectivity index is 2.08. The Morgan fingerprint density at radius 3 is 2.45 bits per heavy atom. The summed E-state index contributed by atoms with van der Waals surface area (Å²) in [5, 5.41) is 4.10. The van der Waals surface area contributed by atoms with Crippen molar-refractivity contribution in [3.8, 4) is 0 Å². The number of amides is 1. The standard InChI is InChI=1S/C17H21N3OS/c1-11-14(16(21)19(2)3)15(12-7-5-4-6-8-12)18-17(22)20(11)13-9-10-13/h4-8,13,15H,9-10H2,1-3H3,(H,18,22). The molecule has 1 aliphatic carbocycles. The average molecular weight is 315 g/mol. The van der Waals surface area contributed by atoms with Crippen molar-refractivity contribution in [3.63, 3.8) is 0 Å². The van der Waals surface area contributed by atoms with Gasteiger partial charge in [-0.1, -0.05) is 30.3 Å². The molecule has 116 valence electrons. The van der Waals surface area contributed by atoms with Gasteiger partial charge in [0, 0.05) is 25.8 Å². The van der Waals surface area contributed by atoms with Crippen LogP contribution in [0.2, 0.25) is 0 Å². The monoisotopic (exact) mass is 315 g/mol. The summed E-state index contributed by atoms with van der Waals surface area (Å²) in [6.45, 7) is 2.01. The summed E-state index contributed by atoms with van der Waals surface area (Å²) in [6.07, 6.45) is 2.27. The fourth-order valence-electron chi connectivity index (χ4n) is 2.94. The van der Waals surface area contributed by atoms with Gasteiger partial charge in [0.25, 0.3) is 5.91 Å². The van der Waals surface area contributed by atoms with E-state index in [1.807, 2.05) is 37.3 Å². The van der Waals surface area contributed by atoms with Crippen molar-refractivity contribution in [2.75, 3.05) is 14.1 Å². The summed E-state index contributed by atoms with van der Waals surface area (Å²) < 4.78 is 0. The predicted octanol–water partition coefficient (Wildman–Crippen LogP) is 2.44. The van der Waals surface area contributed by atoms with Gasteiger partial charge in [-0.2, -0.15) is 0 Å². The van der Waals surface area contributed by atoms with E-state index < -0.39 is 0 Å². The van der Waals surface area contributed by atoms with Gasteiger partial charge in [0.05, 0.1) is 11.6 Å². The van der Waals surface area contributed by atoms with Crippen LogP contribution < -0.4 is 5.32 Å². The number of allylic oxidation sites excluding steroid dienone is 1. The number of nitrogens with one attached hydrogen (secondary N) is 1. The van der Waals surface area contributed by atoms with Crippen LogP contribution in [0.3, 0.4) is 0 Å². The van der Waals surface area contributed by atoms with E-state index in [2.05, 4.69) is 10.2 Å². The van der Waals surface area contributed by atoms with Gasteiger partial charge in [-0.15, -0.1) is 0 Å². The first-order valence-corrected chi connectivity index (χ1v) is 7.98. The molecule has 1 N–H and O–H groups in total. The van der Waals surface area contributed by atoms with Crippen LogP contribution >= 0.6 is 12.2 Å². The van der Waals surface area contributed by atoms with E-state index in [1.165, 1.54) is 0 Å². The van der Waals surface area contributed by atoms with Crippen LogP contribution in [0, 0.1) is 0 Å². The third-order valence-corrected chi connectivity index (χ3v) is 4.52. The number of rotatable bonds is 3. The van der Waals surface area contributed by atoms with Crippen LogP contribution in [0.1, 0.15) is 31.4 Å². The maximum absolute atomic E-state index is 12.7. The molecule has 4 nitrogen and oxygen atoms in total. The average Bonchev–Trinajstić information content (AvgIpc) is 3.31. The van der Waals surface area contributed by atoms with E-state index >= 15 is 0 Å². The number of carbonyl (C=O) groups excluding carboxylic acids is 1. The third kappa shape index (κ3) is 2.61. The second kappa shape index (κ2) is 5.72. The minimum Gasteiger partial charge on any atom is -0.351 e. The number of likely N-dealkylation sites (N-methyl/N-ethyl adjacent to an activating group) is 1. The van der Waals surface area contributed by atoms with Crippen LogP contribution in [0.5, 0.6) is 0 Å². The highest BCUT2D eigenvalue weighted by Gasteiger charge is 2.40. The summed E-state index contributed by atoms with van der Waals surface area (Å²) in [6, 6.07) is 10.3. The second-order valence-corrected chi connectivity index (χ2v) is 6.48. The lowest BCUT2D eigenvalue weighted by molar-refractivity contribution is -0.125. The summed E-state index contributed by atoms with van der Waals surface area (Å²) in [5.74, 6) is 0.0343. The molecule has 5 heteroatoms. The van der Waals surface area contributed by atoms with Gasteiger partial charge in [0.15, 0.2) is 5.11 Å². The number of nitrogens with zero attached hydrogens (tertiary/aromatic N) is 2. The molecule has 1 atom stereocenters. The van der Waals surface area contributed by atoms with Gasteiger partial charge in [-0.25, -0.2) is 0 Å². The zero-order valence-electron chi connectivity index (χ0n) is 13.2. The van der Waals surface area contributed by atoms with E-state index in [0.717, 1.165) is 34.8 Å². The van der Waals surface area contributed by atoms with Crippen molar-refractivity contribution in [1.82, 2.24) is 15.1 Å². The number of hydrogen-bond donors (Lipinski definition) is 1. The zero-order chi connectivity index (χ0) is 15.9. The SMILES string of the molecule is CC1=C(C(=O)N(C)C)C(c2ccccc2)NC(=S)N1C1CC1. The van der Waals surface area contributed by atoms with Gasteiger partial charge in [-0.05, 0) is 37.5 Å². The van der Waals surface area contributed by atoms with Crippen LogP contribution in [0.25, 0.3) is 0 Å². The molecule has 2 aliphatic rings. The first-order chi connectivity index (χ1) is 10.5. The molecule has 0 aromatic heterocycles. The molecule has 0 bridgehead atoms. The van der Waals surface area contributed by atoms with Gasteiger partial charge < -0.3 is 15.1 Å². The highest BCUT2D eigenvalue weighted by molar-refractivity contribution is 7.80. The Morgan fingerprint density at radius 1 is 1.27 bits per heavy atom. The smallest absolute Gasteiger partial charge is 0.253 e. The highest BCUT2D eigenvalue weighted by Crippen LogP contribution is 2.37. The van der Waals surface area contributed by atoms with Crippen molar-refractivity contribution < 1.29 is 4.79 Å². The second-order valence-electron chi connectivity index (χ2n) is 6.09. The summed E-state index contributed by atoms with van der Waals surface area (Å²) >= 11 is 5.56. The van der Waals surface area contributed by atoms with Gasteiger partial charge >= 0.3 is 0 Å². The molecule has 22 heavy (non-hydrogen) atoms. The molecule has 1 unspecified atom stereocenters. The molecule has 1 aromatic rings. The molecule has 1 heterocycles. The number of thiocarbonyl (C=S) groups is 1. The Bertz CT molecular complexity index is 635.